The van der Waals surface area contributed by atoms with Crippen molar-refractivity contribution in [1.82, 2.24) is 24.8 Å². The second-order valence-electron chi connectivity index (χ2n) is 5.38. The predicted molar refractivity (Wildman–Crippen MR) is 78.4 cm³/mol. The summed E-state index contributed by atoms with van der Waals surface area (Å²) in [7, 11) is 2.09. The minimum Gasteiger partial charge on any atom is -0.331 e. The van der Waals surface area contributed by atoms with E-state index in [2.05, 4.69) is 34.4 Å². The number of hydrogen-bond acceptors (Lipinski definition) is 4. The van der Waals surface area contributed by atoms with E-state index in [0.29, 0.717) is 0 Å². The first kappa shape index (κ1) is 13.8. The molecule has 1 aliphatic rings. The number of carbonyl (C=O) groups is 1. The van der Waals surface area contributed by atoms with Crippen LogP contribution in [0.5, 0.6) is 0 Å². The van der Waals surface area contributed by atoms with Crippen molar-refractivity contribution in [2.75, 3.05) is 26.7 Å². The first-order valence-corrected chi connectivity index (χ1v) is 7.11. The van der Waals surface area contributed by atoms with Crippen LogP contribution in [0.3, 0.4) is 0 Å². The van der Waals surface area contributed by atoms with E-state index in [9.17, 15) is 4.79 Å². The van der Waals surface area contributed by atoms with Crippen molar-refractivity contribution in [1.29, 1.82) is 0 Å². The van der Waals surface area contributed by atoms with Crippen LogP contribution in [-0.4, -0.2) is 57.4 Å². The molecule has 0 unspecified atom stereocenters. The summed E-state index contributed by atoms with van der Waals surface area (Å²) in [6, 6.07) is 10.3. The summed E-state index contributed by atoms with van der Waals surface area (Å²) in [5.74, 6) is 0.0856. The number of benzene rings is 1. The Kier molecular flexibility index (Phi) is 3.96. The third kappa shape index (κ3) is 3.11. The SMILES string of the molecule is CN1CCN(C(=O)Cn2ccnn2)[C@@H](c2ccccc2)C1. The molecule has 6 nitrogen and oxygen atoms in total. The largest absolute Gasteiger partial charge is 0.331 e. The van der Waals surface area contributed by atoms with Crippen LogP contribution < -0.4 is 0 Å². The van der Waals surface area contributed by atoms with Gasteiger partial charge in [-0.05, 0) is 12.6 Å². The second-order valence-corrected chi connectivity index (χ2v) is 5.38. The van der Waals surface area contributed by atoms with Crippen molar-refractivity contribution < 1.29 is 4.79 Å². The lowest BCUT2D eigenvalue weighted by molar-refractivity contribution is -0.137. The zero-order chi connectivity index (χ0) is 14.7. The predicted octanol–water partition coefficient (Wildman–Crippen LogP) is 0.793. The number of piperazine rings is 1. The van der Waals surface area contributed by atoms with Gasteiger partial charge in [0.2, 0.25) is 5.91 Å². The van der Waals surface area contributed by atoms with E-state index in [4.69, 9.17) is 0 Å². The number of amides is 1. The number of aromatic nitrogens is 3. The summed E-state index contributed by atoms with van der Waals surface area (Å²) < 4.78 is 1.57. The molecule has 0 aliphatic carbocycles. The number of rotatable bonds is 3. The average molecular weight is 285 g/mol. The smallest absolute Gasteiger partial charge is 0.244 e. The molecule has 0 saturated carbocycles. The number of nitrogens with zero attached hydrogens (tertiary/aromatic N) is 5. The molecule has 1 fully saturated rings. The lowest BCUT2D eigenvalue weighted by Gasteiger charge is -2.40. The second kappa shape index (κ2) is 6.05. The summed E-state index contributed by atoms with van der Waals surface area (Å²) in [5.41, 5.74) is 1.18. The zero-order valence-corrected chi connectivity index (χ0v) is 12.1. The molecule has 1 saturated heterocycles. The molecule has 0 bridgehead atoms. The van der Waals surface area contributed by atoms with Crippen molar-refractivity contribution >= 4 is 5.91 Å². The standard InChI is InChI=1S/C15H19N5O/c1-18-9-10-20(15(21)12-19-8-7-16-17-19)14(11-18)13-5-3-2-4-6-13/h2-8,14H,9-12H2,1H3/t14-/m1/s1. The fourth-order valence-corrected chi connectivity index (χ4v) is 2.72. The molecule has 1 atom stereocenters. The third-order valence-corrected chi connectivity index (χ3v) is 3.86. The van der Waals surface area contributed by atoms with E-state index in [0.717, 1.165) is 19.6 Å². The maximum Gasteiger partial charge on any atom is 0.244 e. The van der Waals surface area contributed by atoms with E-state index >= 15 is 0 Å². The fourth-order valence-electron chi connectivity index (χ4n) is 2.72. The summed E-state index contributed by atoms with van der Waals surface area (Å²) in [4.78, 5) is 16.8. The van der Waals surface area contributed by atoms with Gasteiger partial charge in [-0.25, -0.2) is 4.68 Å². The first-order valence-electron chi connectivity index (χ1n) is 7.11. The van der Waals surface area contributed by atoms with Gasteiger partial charge in [0.15, 0.2) is 0 Å². The molecule has 0 N–H and O–H groups in total. The molecule has 2 aromatic rings. The van der Waals surface area contributed by atoms with Crippen LogP contribution in [0.15, 0.2) is 42.7 Å². The van der Waals surface area contributed by atoms with Gasteiger partial charge < -0.3 is 9.80 Å². The highest BCUT2D eigenvalue weighted by Gasteiger charge is 2.30. The molecule has 1 aliphatic heterocycles. The maximum atomic E-state index is 12.6. The zero-order valence-electron chi connectivity index (χ0n) is 12.1. The number of carbonyl (C=O) groups excluding carboxylic acids is 1. The molecular formula is C15H19N5O. The maximum absolute atomic E-state index is 12.6. The van der Waals surface area contributed by atoms with Crippen LogP contribution in [0, 0.1) is 0 Å². The summed E-state index contributed by atoms with van der Waals surface area (Å²) in [6.07, 6.45) is 3.30. The first-order chi connectivity index (χ1) is 10.2. The van der Waals surface area contributed by atoms with Gasteiger partial charge in [-0.2, -0.15) is 0 Å². The van der Waals surface area contributed by atoms with Crippen molar-refractivity contribution in [3.8, 4) is 0 Å². The monoisotopic (exact) mass is 285 g/mol. The van der Waals surface area contributed by atoms with Crippen molar-refractivity contribution in [3.63, 3.8) is 0 Å². The van der Waals surface area contributed by atoms with Crippen molar-refractivity contribution in [3.05, 3.63) is 48.3 Å². The highest BCUT2D eigenvalue weighted by Crippen LogP contribution is 2.25. The quantitative estimate of drug-likeness (QED) is 0.837. The Hall–Kier alpha value is -2.21. The minimum absolute atomic E-state index is 0.0856. The average Bonchev–Trinajstić information content (AvgIpc) is 3.01. The van der Waals surface area contributed by atoms with E-state index in [1.54, 1.807) is 17.1 Å². The summed E-state index contributed by atoms with van der Waals surface area (Å²) in [6.45, 7) is 2.73. The molecule has 21 heavy (non-hydrogen) atoms. The highest BCUT2D eigenvalue weighted by molar-refractivity contribution is 5.76. The van der Waals surface area contributed by atoms with E-state index in [-0.39, 0.29) is 18.5 Å². The number of hydrogen-bond donors (Lipinski definition) is 0. The van der Waals surface area contributed by atoms with Gasteiger partial charge in [-0.15, -0.1) is 5.10 Å². The van der Waals surface area contributed by atoms with Crippen molar-refractivity contribution in [2.24, 2.45) is 0 Å². The van der Waals surface area contributed by atoms with Crippen LogP contribution in [0.4, 0.5) is 0 Å². The lowest BCUT2D eigenvalue weighted by atomic mass is 10.0. The Bertz CT molecular complexity index is 583. The van der Waals surface area contributed by atoms with Gasteiger partial charge in [0.1, 0.15) is 6.54 Å². The summed E-state index contributed by atoms with van der Waals surface area (Å²) in [5, 5.41) is 7.62. The fraction of sp³-hybridized carbons (Fsp3) is 0.400. The molecule has 6 heteroatoms. The Balaban J connectivity index is 1.79. The molecule has 3 rings (SSSR count). The Labute approximate surface area is 124 Å². The van der Waals surface area contributed by atoms with Gasteiger partial charge in [-0.3, -0.25) is 4.79 Å². The van der Waals surface area contributed by atoms with Crippen molar-refractivity contribution in [2.45, 2.75) is 12.6 Å². The third-order valence-electron chi connectivity index (χ3n) is 3.86. The van der Waals surface area contributed by atoms with Gasteiger partial charge in [0.05, 0.1) is 12.2 Å². The molecule has 1 aromatic heterocycles. The topological polar surface area (TPSA) is 54.3 Å². The minimum atomic E-state index is 0.0856. The van der Waals surface area contributed by atoms with Crippen LogP contribution in [0.2, 0.25) is 0 Å². The van der Waals surface area contributed by atoms with Gasteiger partial charge in [0.25, 0.3) is 0 Å². The van der Waals surface area contributed by atoms with Crippen LogP contribution >= 0.6 is 0 Å². The number of likely N-dealkylation sites (N-methyl/N-ethyl adjacent to an activating group) is 1. The van der Waals surface area contributed by atoms with Crippen LogP contribution in [-0.2, 0) is 11.3 Å². The van der Waals surface area contributed by atoms with Gasteiger partial charge >= 0.3 is 0 Å². The van der Waals surface area contributed by atoms with E-state index in [1.165, 1.54) is 5.56 Å². The molecule has 0 spiro atoms. The Morgan fingerprint density at radius 3 is 2.81 bits per heavy atom. The lowest BCUT2D eigenvalue weighted by Crippen LogP contribution is -2.50. The Morgan fingerprint density at radius 1 is 1.29 bits per heavy atom. The Morgan fingerprint density at radius 2 is 2.10 bits per heavy atom. The van der Waals surface area contributed by atoms with Gasteiger partial charge in [-0.1, -0.05) is 35.5 Å². The van der Waals surface area contributed by atoms with E-state index in [1.807, 2.05) is 23.1 Å². The molecule has 2 heterocycles. The van der Waals surface area contributed by atoms with Crippen LogP contribution in [0.1, 0.15) is 11.6 Å². The highest BCUT2D eigenvalue weighted by atomic mass is 16.2. The molecular weight excluding hydrogens is 266 g/mol. The van der Waals surface area contributed by atoms with Gasteiger partial charge in [0, 0.05) is 25.8 Å². The van der Waals surface area contributed by atoms with Crippen LogP contribution in [0.25, 0.3) is 0 Å². The van der Waals surface area contributed by atoms with E-state index < -0.39 is 0 Å². The summed E-state index contributed by atoms with van der Waals surface area (Å²) >= 11 is 0. The molecule has 1 aromatic carbocycles. The molecule has 0 radical (unpaired) electrons. The molecule has 110 valence electrons. The normalized spacial score (nSPS) is 19.7. The molecule has 1 amide bonds.